The number of aromatic nitrogens is 1. The summed E-state index contributed by atoms with van der Waals surface area (Å²) in [5.74, 6) is 0.373. The van der Waals surface area contributed by atoms with Crippen molar-refractivity contribution in [1.29, 1.82) is 0 Å². The highest BCUT2D eigenvalue weighted by molar-refractivity contribution is 7.09. The van der Waals surface area contributed by atoms with Crippen LogP contribution >= 0.6 is 11.3 Å². The van der Waals surface area contributed by atoms with Crippen molar-refractivity contribution in [2.75, 3.05) is 7.05 Å². The van der Waals surface area contributed by atoms with Crippen LogP contribution in [0.25, 0.3) is 0 Å². The molecule has 3 nitrogen and oxygen atoms in total. The van der Waals surface area contributed by atoms with Crippen LogP contribution < -0.4 is 0 Å². The first-order chi connectivity index (χ1) is 7.04. The van der Waals surface area contributed by atoms with Gasteiger partial charge in [-0.05, 0) is 6.08 Å². The summed E-state index contributed by atoms with van der Waals surface area (Å²) in [4.78, 5) is 17.3. The minimum Gasteiger partial charge on any atom is -0.336 e. The molecule has 0 N–H and O–H groups in total. The van der Waals surface area contributed by atoms with E-state index in [0.717, 1.165) is 10.7 Å². The molecule has 0 spiro atoms. The van der Waals surface area contributed by atoms with E-state index in [1.165, 1.54) is 6.08 Å². The van der Waals surface area contributed by atoms with Crippen LogP contribution in [0.5, 0.6) is 0 Å². The van der Waals surface area contributed by atoms with Crippen LogP contribution in [0.3, 0.4) is 0 Å². The molecule has 1 heterocycles. The molecule has 0 bridgehead atoms. The Morgan fingerprint density at radius 1 is 1.73 bits per heavy atom. The Morgan fingerprint density at radius 2 is 2.40 bits per heavy atom. The maximum Gasteiger partial charge on any atom is 0.246 e. The number of amides is 1. The number of carbonyl (C=O) groups excluding carboxylic acids is 1. The maximum absolute atomic E-state index is 11.2. The number of carbonyl (C=O) groups is 1. The van der Waals surface area contributed by atoms with Gasteiger partial charge in [0.1, 0.15) is 0 Å². The second kappa shape index (κ2) is 5.07. The predicted molar refractivity (Wildman–Crippen MR) is 62.9 cm³/mol. The summed E-state index contributed by atoms with van der Waals surface area (Å²) in [6.45, 7) is 8.22. The van der Waals surface area contributed by atoms with Gasteiger partial charge in [-0.1, -0.05) is 20.4 Å². The van der Waals surface area contributed by atoms with Crippen molar-refractivity contribution in [1.82, 2.24) is 9.88 Å². The Labute approximate surface area is 94.4 Å². The number of thiazole rings is 1. The summed E-state index contributed by atoms with van der Waals surface area (Å²) >= 11 is 1.64. The van der Waals surface area contributed by atoms with E-state index in [-0.39, 0.29) is 5.91 Å². The second-order valence-corrected chi connectivity index (χ2v) is 4.62. The van der Waals surface area contributed by atoms with Gasteiger partial charge in [-0.3, -0.25) is 4.79 Å². The summed E-state index contributed by atoms with van der Waals surface area (Å²) in [5, 5.41) is 3.12. The highest BCUT2D eigenvalue weighted by Gasteiger charge is 2.09. The van der Waals surface area contributed by atoms with E-state index in [4.69, 9.17) is 0 Å². The van der Waals surface area contributed by atoms with E-state index in [2.05, 4.69) is 25.4 Å². The average Bonchev–Trinajstić information content (AvgIpc) is 2.65. The third kappa shape index (κ3) is 3.16. The van der Waals surface area contributed by atoms with Crippen LogP contribution in [0.1, 0.15) is 30.5 Å². The molecular formula is C11H16N2OS. The van der Waals surface area contributed by atoms with Gasteiger partial charge in [0.05, 0.1) is 17.2 Å². The van der Waals surface area contributed by atoms with E-state index < -0.39 is 0 Å². The van der Waals surface area contributed by atoms with Gasteiger partial charge in [-0.2, -0.15) is 0 Å². The molecule has 0 fully saturated rings. The van der Waals surface area contributed by atoms with Gasteiger partial charge < -0.3 is 4.90 Å². The maximum atomic E-state index is 11.2. The van der Waals surface area contributed by atoms with Crippen LogP contribution in [0, 0.1) is 0 Å². The van der Waals surface area contributed by atoms with Crippen LogP contribution in [-0.2, 0) is 11.3 Å². The first-order valence-electron chi connectivity index (χ1n) is 4.86. The highest BCUT2D eigenvalue weighted by Crippen LogP contribution is 2.19. The van der Waals surface area contributed by atoms with E-state index in [1.54, 1.807) is 23.3 Å². The topological polar surface area (TPSA) is 33.2 Å². The fourth-order valence-electron chi connectivity index (χ4n) is 1.14. The quantitative estimate of drug-likeness (QED) is 0.736. The fraction of sp³-hybridized carbons (Fsp3) is 0.455. The SMILES string of the molecule is C=CC(=O)N(C)Cc1csc(C(C)C)n1. The summed E-state index contributed by atoms with van der Waals surface area (Å²) in [6.07, 6.45) is 1.32. The standard InChI is InChI=1S/C11H16N2OS/c1-5-10(14)13(4)6-9-7-15-11(12-9)8(2)3/h5,7-8H,1,6H2,2-4H3. The number of likely N-dealkylation sites (N-methyl/N-ethyl adjacent to an activating group) is 1. The van der Waals surface area contributed by atoms with Crippen molar-refractivity contribution in [2.45, 2.75) is 26.3 Å². The van der Waals surface area contributed by atoms with Crippen LogP contribution in [-0.4, -0.2) is 22.8 Å². The molecule has 1 aromatic heterocycles. The predicted octanol–water partition coefficient (Wildman–Crippen LogP) is 2.41. The highest BCUT2D eigenvalue weighted by atomic mass is 32.1. The van der Waals surface area contributed by atoms with E-state index in [0.29, 0.717) is 12.5 Å². The second-order valence-electron chi connectivity index (χ2n) is 3.73. The zero-order chi connectivity index (χ0) is 11.4. The van der Waals surface area contributed by atoms with Crippen molar-refractivity contribution < 1.29 is 4.79 Å². The third-order valence-electron chi connectivity index (χ3n) is 2.01. The molecule has 1 rings (SSSR count). The lowest BCUT2D eigenvalue weighted by atomic mass is 10.2. The Kier molecular flexibility index (Phi) is 4.03. The van der Waals surface area contributed by atoms with Crippen molar-refractivity contribution in [2.24, 2.45) is 0 Å². The van der Waals surface area contributed by atoms with E-state index in [9.17, 15) is 4.79 Å². The Bertz CT molecular complexity index is 357. The minimum absolute atomic E-state index is 0.0749. The third-order valence-corrected chi connectivity index (χ3v) is 3.21. The number of rotatable bonds is 4. The Balaban J connectivity index is 2.64. The molecule has 0 aliphatic heterocycles. The molecule has 0 saturated heterocycles. The molecular weight excluding hydrogens is 208 g/mol. The molecule has 15 heavy (non-hydrogen) atoms. The lowest BCUT2D eigenvalue weighted by molar-refractivity contribution is -0.125. The number of hydrogen-bond acceptors (Lipinski definition) is 3. The largest absolute Gasteiger partial charge is 0.336 e. The molecule has 1 amide bonds. The molecule has 1 aromatic rings. The lowest BCUT2D eigenvalue weighted by Crippen LogP contribution is -2.24. The van der Waals surface area contributed by atoms with Crippen molar-refractivity contribution in [3.05, 3.63) is 28.7 Å². The zero-order valence-corrected chi connectivity index (χ0v) is 10.2. The molecule has 0 saturated carbocycles. The van der Waals surface area contributed by atoms with Gasteiger partial charge in [0.15, 0.2) is 0 Å². The van der Waals surface area contributed by atoms with Crippen LogP contribution in [0.15, 0.2) is 18.0 Å². The molecule has 0 aliphatic carbocycles. The molecule has 0 aliphatic rings. The molecule has 0 atom stereocenters. The molecule has 0 unspecified atom stereocenters. The fourth-order valence-corrected chi connectivity index (χ4v) is 1.96. The molecule has 0 aromatic carbocycles. The first kappa shape index (κ1) is 11.9. The van der Waals surface area contributed by atoms with Gasteiger partial charge in [0.25, 0.3) is 0 Å². The summed E-state index contributed by atoms with van der Waals surface area (Å²) < 4.78 is 0. The van der Waals surface area contributed by atoms with Gasteiger partial charge in [-0.25, -0.2) is 4.98 Å². The van der Waals surface area contributed by atoms with Gasteiger partial charge in [-0.15, -0.1) is 11.3 Å². The lowest BCUT2D eigenvalue weighted by Gasteiger charge is -2.12. The first-order valence-corrected chi connectivity index (χ1v) is 5.74. The summed E-state index contributed by atoms with van der Waals surface area (Å²) in [6, 6.07) is 0. The Morgan fingerprint density at radius 3 is 2.87 bits per heavy atom. The van der Waals surface area contributed by atoms with E-state index >= 15 is 0 Å². The van der Waals surface area contributed by atoms with Gasteiger partial charge in [0, 0.05) is 18.3 Å². The van der Waals surface area contributed by atoms with Crippen LogP contribution in [0.2, 0.25) is 0 Å². The van der Waals surface area contributed by atoms with Crippen molar-refractivity contribution >= 4 is 17.2 Å². The van der Waals surface area contributed by atoms with Crippen LogP contribution in [0.4, 0.5) is 0 Å². The summed E-state index contributed by atoms with van der Waals surface area (Å²) in [7, 11) is 1.75. The molecule has 82 valence electrons. The number of nitrogens with zero attached hydrogens (tertiary/aromatic N) is 2. The van der Waals surface area contributed by atoms with E-state index in [1.807, 2.05) is 5.38 Å². The zero-order valence-electron chi connectivity index (χ0n) is 9.36. The smallest absolute Gasteiger partial charge is 0.246 e. The molecule has 0 radical (unpaired) electrons. The van der Waals surface area contributed by atoms with Crippen molar-refractivity contribution in [3.8, 4) is 0 Å². The minimum atomic E-state index is -0.0749. The van der Waals surface area contributed by atoms with Gasteiger partial charge >= 0.3 is 0 Å². The van der Waals surface area contributed by atoms with Gasteiger partial charge in [0.2, 0.25) is 5.91 Å². The summed E-state index contributed by atoms with van der Waals surface area (Å²) in [5.41, 5.74) is 0.946. The number of hydrogen-bond donors (Lipinski definition) is 0. The normalized spacial score (nSPS) is 10.4. The average molecular weight is 224 g/mol. The monoisotopic (exact) mass is 224 g/mol. The van der Waals surface area contributed by atoms with Crippen molar-refractivity contribution in [3.63, 3.8) is 0 Å². The Hall–Kier alpha value is -1.16. The molecule has 4 heteroatoms.